The van der Waals surface area contributed by atoms with Crippen molar-refractivity contribution in [3.05, 3.63) is 59.1 Å². The van der Waals surface area contributed by atoms with Crippen molar-refractivity contribution < 1.29 is 4.79 Å². The van der Waals surface area contributed by atoms with E-state index in [2.05, 4.69) is 26.7 Å². The Balaban J connectivity index is 1.64. The average molecular weight is 350 g/mol. The summed E-state index contributed by atoms with van der Waals surface area (Å²) in [6, 6.07) is 9.42. The predicted octanol–water partition coefficient (Wildman–Crippen LogP) is 4.65. The first-order valence-corrected chi connectivity index (χ1v) is 9.26. The number of carbonyl (C=O) groups is 1. The molecule has 2 aromatic rings. The lowest BCUT2D eigenvalue weighted by Gasteiger charge is -2.14. The number of amides is 1. The van der Waals surface area contributed by atoms with Gasteiger partial charge in [0.15, 0.2) is 0 Å². The first-order valence-electron chi connectivity index (χ1n) is 9.26. The topological polar surface area (TPSA) is 66.9 Å². The maximum atomic E-state index is 12.6. The highest BCUT2D eigenvalue weighted by Gasteiger charge is 2.12. The van der Waals surface area contributed by atoms with Crippen LogP contribution in [0.2, 0.25) is 0 Å². The van der Waals surface area contributed by atoms with E-state index in [1.165, 1.54) is 31.3 Å². The Morgan fingerprint density at radius 1 is 1.15 bits per heavy atom. The van der Waals surface area contributed by atoms with Crippen LogP contribution in [0.3, 0.4) is 0 Å². The third-order valence-electron chi connectivity index (χ3n) is 4.60. The maximum Gasteiger partial charge on any atom is 0.274 e. The summed E-state index contributed by atoms with van der Waals surface area (Å²) >= 11 is 0. The number of carbonyl (C=O) groups excluding carboxylic acids is 1. The number of nitrogens with zero attached hydrogens (tertiary/aromatic N) is 2. The van der Waals surface area contributed by atoms with Crippen molar-refractivity contribution in [2.75, 3.05) is 17.2 Å². The minimum atomic E-state index is -0.220. The van der Waals surface area contributed by atoms with Gasteiger partial charge in [-0.3, -0.25) is 4.79 Å². The fourth-order valence-corrected chi connectivity index (χ4v) is 3.16. The molecule has 0 unspecified atom stereocenters. The normalized spacial score (nSPS) is 13.8. The van der Waals surface area contributed by atoms with Crippen molar-refractivity contribution in [3.63, 3.8) is 0 Å². The molecule has 1 aromatic carbocycles. The van der Waals surface area contributed by atoms with E-state index in [-0.39, 0.29) is 5.91 Å². The molecule has 3 rings (SSSR count). The third kappa shape index (κ3) is 4.91. The largest absolute Gasteiger partial charge is 0.370 e. The molecule has 5 heteroatoms. The van der Waals surface area contributed by atoms with Gasteiger partial charge in [-0.15, -0.1) is 0 Å². The molecule has 1 heterocycles. The van der Waals surface area contributed by atoms with Crippen LogP contribution in [0.4, 0.5) is 11.5 Å². The Kier molecular flexibility index (Phi) is 6.00. The molecule has 0 saturated heterocycles. The molecule has 0 spiro atoms. The summed E-state index contributed by atoms with van der Waals surface area (Å²) < 4.78 is 0. The molecule has 0 fully saturated rings. The van der Waals surface area contributed by atoms with Gasteiger partial charge in [-0.2, -0.15) is 0 Å². The molecule has 26 heavy (non-hydrogen) atoms. The summed E-state index contributed by atoms with van der Waals surface area (Å²) in [6.07, 6.45) is 8.38. The van der Waals surface area contributed by atoms with Gasteiger partial charge in [0, 0.05) is 18.3 Å². The fourth-order valence-electron chi connectivity index (χ4n) is 3.16. The van der Waals surface area contributed by atoms with E-state index in [1.807, 2.05) is 31.2 Å². The number of anilines is 2. The van der Waals surface area contributed by atoms with Crippen molar-refractivity contribution in [2.24, 2.45) is 0 Å². The van der Waals surface area contributed by atoms with E-state index in [4.69, 9.17) is 0 Å². The van der Waals surface area contributed by atoms with Crippen LogP contribution in [0.15, 0.2) is 42.0 Å². The first kappa shape index (κ1) is 18.1. The first-order chi connectivity index (χ1) is 12.6. The van der Waals surface area contributed by atoms with Crippen molar-refractivity contribution in [3.8, 4) is 0 Å². The molecule has 5 nitrogen and oxygen atoms in total. The summed E-state index contributed by atoms with van der Waals surface area (Å²) in [5.74, 6) is 1.06. The second-order valence-electron chi connectivity index (χ2n) is 6.74. The Morgan fingerprint density at radius 3 is 2.77 bits per heavy atom. The lowest BCUT2D eigenvalue weighted by atomic mass is 9.97. The van der Waals surface area contributed by atoms with Crippen molar-refractivity contribution in [1.82, 2.24) is 9.97 Å². The van der Waals surface area contributed by atoms with Gasteiger partial charge in [0.2, 0.25) is 0 Å². The zero-order valence-corrected chi connectivity index (χ0v) is 15.5. The molecule has 0 aliphatic heterocycles. The van der Waals surface area contributed by atoms with E-state index in [1.54, 1.807) is 13.0 Å². The monoisotopic (exact) mass is 350 g/mol. The number of aromatic nitrogens is 2. The summed E-state index contributed by atoms with van der Waals surface area (Å²) in [5, 5.41) is 6.25. The van der Waals surface area contributed by atoms with E-state index in [0.717, 1.165) is 24.2 Å². The average Bonchev–Trinajstić information content (AvgIpc) is 2.64. The number of hydrogen-bond donors (Lipinski definition) is 2. The molecule has 2 N–H and O–H groups in total. The highest BCUT2D eigenvalue weighted by atomic mass is 16.1. The Hall–Kier alpha value is -2.69. The number of benzene rings is 1. The van der Waals surface area contributed by atoms with E-state index < -0.39 is 0 Å². The van der Waals surface area contributed by atoms with Gasteiger partial charge >= 0.3 is 0 Å². The van der Waals surface area contributed by atoms with E-state index >= 15 is 0 Å². The minimum Gasteiger partial charge on any atom is -0.370 e. The molecule has 1 aliphatic carbocycles. The van der Waals surface area contributed by atoms with Gasteiger partial charge in [0.05, 0.1) is 0 Å². The molecule has 0 atom stereocenters. The molecule has 1 aromatic heterocycles. The minimum absolute atomic E-state index is 0.220. The molecular formula is C21H26N4O. The zero-order valence-electron chi connectivity index (χ0n) is 15.5. The van der Waals surface area contributed by atoms with Gasteiger partial charge in [-0.1, -0.05) is 29.8 Å². The molecule has 0 saturated carbocycles. The Morgan fingerprint density at radius 2 is 2.00 bits per heavy atom. The predicted molar refractivity (Wildman–Crippen MR) is 106 cm³/mol. The second kappa shape index (κ2) is 8.61. The smallest absolute Gasteiger partial charge is 0.274 e. The van der Waals surface area contributed by atoms with Gasteiger partial charge in [-0.05, 0) is 57.6 Å². The van der Waals surface area contributed by atoms with Crippen LogP contribution in [0.25, 0.3) is 0 Å². The van der Waals surface area contributed by atoms with E-state index in [0.29, 0.717) is 17.3 Å². The number of nitrogens with one attached hydrogen (secondary N) is 2. The van der Waals surface area contributed by atoms with Crippen LogP contribution in [0.1, 0.15) is 54.0 Å². The molecular weight excluding hydrogens is 324 g/mol. The number of para-hydroxylation sites is 1. The van der Waals surface area contributed by atoms with Crippen LogP contribution in [-0.2, 0) is 0 Å². The number of rotatable bonds is 6. The van der Waals surface area contributed by atoms with Gasteiger partial charge in [0.25, 0.3) is 5.91 Å². The van der Waals surface area contributed by atoms with E-state index in [9.17, 15) is 4.79 Å². The lowest BCUT2D eigenvalue weighted by Crippen LogP contribution is -2.16. The number of aryl methyl sites for hydroxylation is 2. The Bertz CT molecular complexity index is 813. The Labute approximate surface area is 155 Å². The molecule has 0 radical (unpaired) electrons. The molecule has 1 aliphatic rings. The van der Waals surface area contributed by atoms with Gasteiger partial charge in [0.1, 0.15) is 17.3 Å². The highest BCUT2D eigenvalue weighted by molar-refractivity contribution is 6.03. The van der Waals surface area contributed by atoms with Crippen molar-refractivity contribution in [2.45, 2.75) is 46.0 Å². The van der Waals surface area contributed by atoms with Crippen molar-refractivity contribution >= 4 is 17.4 Å². The quantitative estimate of drug-likeness (QED) is 0.744. The van der Waals surface area contributed by atoms with Gasteiger partial charge < -0.3 is 10.6 Å². The third-order valence-corrected chi connectivity index (χ3v) is 4.60. The number of hydrogen-bond acceptors (Lipinski definition) is 4. The molecule has 0 bridgehead atoms. The fraction of sp³-hybridized carbons (Fsp3) is 0.381. The van der Waals surface area contributed by atoms with Crippen LogP contribution in [0, 0.1) is 13.8 Å². The summed E-state index contributed by atoms with van der Waals surface area (Å²) in [7, 11) is 0. The lowest BCUT2D eigenvalue weighted by molar-refractivity contribution is 0.102. The SMILES string of the molecule is Cc1nc(NCCC2=CCCCC2)cc(C(=O)Nc2ccccc2C)n1. The summed E-state index contributed by atoms with van der Waals surface area (Å²) in [4.78, 5) is 21.2. The summed E-state index contributed by atoms with van der Waals surface area (Å²) in [6.45, 7) is 4.59. The highest BCUT2D eigenvalue weighted by Crippen LogP contribution is 2.20. The van der Waals surface area contributed by atoms with Crippen LogP contribution < -0.4 is 10.6 Å². The second-order valence-corrected chi connectivity index (χ2v) is 6.74. The van der Waals surface area contributed by atoms with Crippen molar-refractivity contribution in [1.29, 1.82) is 0 Å². The van der Waals surface area contributed by atoms with Crippen LogP contribution in [-0.4, -0.2) is 22.4 Å². The summed E-state index contributed by atoms with van der Waals surface area (Å²) in [5.41, 5.74) is 3.71. The van der Waals surface area contributed by atoms with Crippen LogP contribution >= 0.6 is 0 Å². The standard InChI is InChI=1S/C21H26N4O/c1-15-8-6-7-11-18(15)25-21(26)19-14-20(24-16(2)23-19)22-13-12-17-9-4-3-5-10-17/h6-9,11,14H,3-5,10,12-13H2,1-2H3,(H,25,26)(H,22,23,24). The zero-order chi connectivity index (χ0) is 18.4. The van der Waals surface area contributed by atoms with Gasteiger partial charge in [-0.25, -0.2) is 9.97 Å². The molecule has 1 amide bonds. The molecule has 136 valence electrons. The van der Waals surface area contributed by atoms with Crippen LogP contribution in [0.5, 0.6) is 0 Å². The maximum absolute atomic E-state index is 12.6. The number of allylic oxidation sites excluding steroid dienone is 1.